The van der Waals surface area contributed by atoms with Gasteiger partial charge in [-0.25, -0.2) is 4.98 Å². The molecule has 0 bridgehead atoms. The number of benzene rings is 2. The van der Waals surface area contributed by atoms with E-state index in [1.54, 1.807) is 0 Å². The van der Waals surface area contributed by atoms with Crippen molar-refractivity contribution >= 4 is 22.5 Å². The molecule has 2 aromatic carbocycles. The van der Waals surface area contributed by atoms with Gasteiger partial charge in [-0.15, -0.1) is 0 Å². The molecule has 0 spiro atoms. The van der Waals surface area contributed by atoms with Gasteiger partial charge in [0.25, 0.3) is 0 Å². The van der Waals surface area contributed by atoms with Crippen LogP contribution in [0.2, 0.25) is 0 Å². The molecule has 3 heterocycles. The maximum atomic E-state index is 13.2. The molecule has 5 rings (SSSR count). The third kappa shape index (κ3) is 3.54. The predicted molar refractivity (Wildman–Crippen MR) is 119 cm³/mol. The Morgan fingerprint density at radius 1 is 0.833 bits per heavy atom. The average molecular weight is 398 g/mol. The number of hydrogen-bond acceptors (Lipinski definition) is 2. The number of aromatic amines is 1. The molecule has 150 valence electrons. The van der Waals surface area contributed by atoms with E-state index in [2.05, 4.69) is 56.9 Å². The van der Waals surface area contributed by atoms with E-state index in [1.165, 1.54) is 5.69 Å². The molecule has 4 aromatic rings. The highest BCUT2D eigenvalue weighted by Crippen LogP contribution is 2.28. The SMILES string of the molecule is O=C(Cn1c(-c2ccccc2)cc2ccccc21)N1CCN(c2cc[nH+]cc2)CC1. The van der Waals surface area contributed by atoms with Crippen LogP contribution in [-0.2, 0) is 11.3 Å². The van der Waals surface area contributed by atoms with E-state index in [1.807, 2.05) is 47.6 Å². The second-order valence-corrected chi connectivity index (χ2v) is 7.67. The molecule has 5 nitrogen and oxygen atoms in total. The number of piperazine rings is 1. The molecule has 1 N–H and O–H groups in total. The number of carbonyl (C=O) groups is 1. The topological polar surface area (TPSA) is 42.6 Å². The van der Waals surface area contributed by atoms with E-state index in [9.17, 15) is 4.79 Å². The fourth-order valence-corrected chi connectivity index (χ4v) is 4.27. The summed E-state index contributed by atoms with van der Waals surface area (Å²) in [5.41, 5.74) is 4.52. The molecule has 1 fully saturated rings. The zero-order valence-electron chi connectivity index (χ0n) is 16.9. The summed E-state index contributed by atoms with van der Waals surface area (Å²) in [7, 11) is 0. The summed E-state index contributed by atoms with van der Waals surface area (Å²) in [6.07, 6.45) is 3.88. The Labute approximate surface area is 176 Å². The van der Waals surface area contributed by atoms with Gasteiger partial charge in [-0.1, -0.05) is 48.5 Å². The number of carbonyl (C=O) groups excluding carboxylic acids is 1. The van der Waals surface area contributed by atoms with E-state index in [0.717, 1.165) is 48.3 Å². The van der Waals surface area contributed by atoms with Crippen LogP contribution in [0, 0.1) is 0 Å². The van der Waals surface area contributed by atoms with Gasteiger partial charge in [0, 0.05) is 60.6 Å². The lowest BCUT2D eigenvalue weighted by Gasteiger charge is -2.36. The van der Waals surface area contributed by atoms with Gasteiger partial charge in [0.15, 0.2) is 12.4 Å². The Balaban J connectivity index is 1.36. The minimum absolute atomic E-state index is 0.176. The molecule has 1 saturated heterocycles. The van der Waals surface area contributed by atoms with Crippen molar-refractivity contribution in [2.45, 2.75) is 6.54 Å². The number of nitrogens with zero attached hydrogens (tertiary/aromatic N) is 3. The second kappa shape index (κ2) is 8.03. The van der Waals surface area contributed by atoms with Gasteiger partial charge in [-0.3, -0.25) is 4.79 Å². The number of amides is 1. The lowest BCUT2D eigenvalue weighted by atomic mass is 10.1. The van der Waals surface area contributed by atoms with Gasteiger partial charge in [0.05, 0.1) is 0 Å². The fourth-order valence-electron chi connectivity index (χ4n) is 4.27. The standard InChI is InChI=1S/C25H24N4O/c30-25(28-16-14-27(15-17-28)22-10-12-26-13-11-22)19-29-23-9-5-4-8-21(23)18-24(29)20-6-2-1-3-7-20/h1-13,18H,14-17,19H2/p+1. The Kier molecular flexibility index (Phi) is 4.93. The highest BCUT2D eigenvalue weighted by atomic mass is 16.2. The number of aromatic nitrogens is 2. The normalized spacial score (nSPS) is 14.3. The minimum Gasteiger partial charge on any atom is -0.368 e. The Morgan fingerprint density at radius 2 is 1.53 bits per heavy atom. The number of nitrogens with one attached hydrogen (secondary N) is 1. The summed E-state index contributed by atoms with van der Waals surface area (Å²) in [5, 5.41) is 1.16. The second-order valence-electron chi connectivity index (χ2n) is 7.67. The van der Waals surface area contributed by atoms with Crippen molar-refractivity contribution < 1.29 is 9.78 Å². The van der Waals surface area contributed by atoms with Gasteiger partial charge in [-0.05, 0) is 17.7 Å². The van der Waals surface area contributed by atoms with Crippen LogP contribution in [-0.4, -0.2) is 41.6 Å². The van der Waals surface area contributed by atoms with Gasteiger partial charge < -0.3 is 14.4 Å². The largest absolute Gasteiger partial charge is 0.368 e. The van der Waals surface area contributed by atoms with Crippen LogP contribution >= 0.6 is 0 Å². The van der Waals surface area contributed by atoms with Crippen LogP contribution in [0.1, 0.15) is 0 Å². The Hall–Kier alpha value is -3.60. The number of H-pyrrole nitrogens is 1. The van der Waals surface area contributed by atoms with Gasteiger partial charge >= 0.3 is 0 Å². The zero-order valence-corrected chi connectivity index (χ0v) is 16.9. The highest BCUT2D eigenvalue weighted by Gasteiger charge is 2.23. The molecule has 30 heavy (non-hydrogen) atoms. The summed E-state index contributed by atoms with van der Waals surface area (Å²) in [5.74, 6) is 0.176. The summed E-state index contributed by atoms with van der Waals surface area (Å²) in [4.78, 5) is 20.6. The maximum Gasteiger partial charge on any atom is 0.242 e. The average Bonchev–Trinajstić information content (AvgIpc) is 3.19. The first-order chi connectivity index (χ1) is 14.8. The van der Waals surface area contributed by atoms with Crippen LogP contribution in [0.15, 0.2) is 85.2 Å². The van der Waals surface area contributed by atoms with Crippen LogP contribution in [0.5, 0.6) is 0 Å². The molecule has 5 heteroatoms. The fraction of sp³-hybridized carbons (Fsp3) is 0.200. The molecular formula is C25H25N4O+. The van der Waals surface area contributed by atoms with Crippen molar-refractivity contribution in [2.75, 3.05) is 31.1 Å². The number of rotatable bonds is 4. The molecular weight excluding hydrogens is 372 g/mol. The summed E-state index contributed by atoms with van der Waals surface area (Å²) in [6, 6.07) is 24.9. The molecule has 0 atom stereocenters. The van der Waals surface area contributed by atoms with Crippen LogP contribution in [0.4, 0.5) is 5.69 Å². The molecule has 0 unspecified atom stereocenters. The van der Waals surface area contributed by atoms with E-state index in [-0.39, 0.29) is 5.91 Å². The zero-order chi connectivity index (χ0) is 20.3. The van der Waals surface area contributed by atoms with E-state index < -0.39 is 0 Å². The molecule has 0 aliphatic carbocycles. The monoisotopic (exact) mass is 397 g/mol. The number of anilines is 1. The lowest BCUT2D eigenvalue weighted by molar-refractivity contribution is -0.377. The Bertz CT molecular complexity index is 1150. The first-order valence-electron chi connectivity index (χ1n) is 10.4. The van der Waals surface area contributed by atoms with E-state index in [0.29, 0.717) is 6.54 Å². The van der Waals surface area contributed by atoms with Crippen LogP contribution in [0.25, 0.3) is 22.2 Å². The molecule has 1 amide bonds. The van der Waals surface area contributed by atoms with Crippen molar-refractivity contribution in [2.24, 2.45) is 0 Å². The third-order valence-electron chi connectivity index (χ3n) is 5.87. The Morgan fingerprint density at radius 3 is 2.30 bits per heavy atom. The number of fused-ring (bicyclic) bond motifs is 1. The predicted octanol–water partition coefficient (Wildman–Crippen LogP) is 3.47. The maximum absolute atomic E-state index is 13.2. The summed E-state index contributed by atoms with van der Waals surface area (Å²) < 4.78 is 2.16. The molecule has 2 aromatic heterocycles. The van der Waals surface area contributed by atoms with Crippen molar-refractivity contribution in [3.8, 4) is 11.3 Å². The van der Waals surface area contributed by atoms with Gasteiger partial charge in [-0.2, -0.15) is 0 Å². The molecule has 0 saturated carbocycles. The molecule has 0 radical (unpaired) electrons. The summed E-state index contributed by atoms with van der Waals surface area (Å²) >= 11 is 0. The minimum atomic E-state index is 0.176. The number of para-hydroxylation sites is 1. The van der Waals surface area contributed by atoms with Gasteiger partial charge in [0.2, 0.25) is 5.91 Å². The number of pyridine rings is 1. The molecule has 1 aliphatic heterocycles. The van der Waals surface area contributed by atoms with Crippen molar-refractivity contribution in [3.63, 3.8) is 0 Å². The smallest absolute Gasteiger partial charge is 0.242 e. The van der Waals surface area contributed by atoms with Crippen molar-refractivity contribution in [1.29, 1.82) is 0 Å². The highest BCUT2D eigenvalue weighted by molar-refractivity contribution is 5.89. The van der Waals surface area contributed by atoms with Crippen molar-refractivity contribution in [1.82, 2.24) is 9.47 Å². The first-order valence-corrected chi connectivity index (χ1v) is 10.4. The quantitative estimate of drug-likeness (QED) is 0.529. The van der Waals surface area contributed by atoms with Crippen LogP contribution < -0.4 is 9.88 Å². The van der Waals surface area contributed by atoms with Gasteiger partial charge in [0.1, 0.15) is 6.54 Å². The van der Waals surface area contributed by atoms with Crippen molar-refractivity contribution in [3.05, 3.63) is 85.2 Å². The third-order valence-corrected chi connectivity index (χ3v) is 5.87. The first kappa shape index (κ1) is 18.4. The van der Waals surface area contributed by atoms with E-state index in [4.69, 9.17) is 0 Å². The number of hydrogen-bond donors (Lipinski definition) is 0. The van der Waals surface area contributed by atoms with E-state index >= 15 is 0 Å². The van der Waals surface area contributed by atoms with Crippen LogP contribution in [0.3, 0.4) is 0 Å². The molecule has 1 aliphatic rings. The summed E-state index contributed by atoms with van der Waals surface area (Å²) in [6.45, 7) is 3.56. The lowest BCUT2D eigenvalue weighted by Crippen LogP contribution is -2.49.